The van der Waals surface area contributed by atoms with E-state index in [1.165, 1.54) is 116 Å². The van der Waals surface area contributed by atoms with Gasteiger partial charge in [0.25, 0.3) is 0 Å². The number of thiocarbonyl (C=S) groups is 2. The number of hydrogen-bond acceptors (Lipinski definition) is 7. The molecule has 0 amide bonds. The zero-order valence-electron chi connectivity index (χ0n) is 26.6. The molecule has 7 heteroatoms. The van der Waals surface area contributed by atoms with Gasteiger partial charge in [-0.1, -0.05) is 142 Å². The van der Waals surface area contributed by atoms with Crippen LogP contribution in [0.3, 0.4) is 0 Å². The van der Waals surface area contributed by atoms with Gasteiger partial charge in [-0.05, 0) is 37.3 Å². The van der Waals surface area contributed by atoms with Gasteiger partial charge in [0, 0.05) is 12.8 Å². The van der Waals surface area contributed by atoms with Crippen LogP contribution in [0.5, 0.6) is 0 Å². The molecule has 1 aliphatic heterocycles. The summed E-state index contributed by atoms with van der Waals surface area (Å²) in [4.78, 5) is 0. The number of rotatable bonds is 28. The van der Waals surface area contributed by atoms with Crippen LogP contribution >= 0.6 is 24.4 Å². The summed E-state index contributed by atoms with van der Waals surface area (Å²) >= 11 is 10.8. The Kier molecular flexibility index (Phi) is 25.7. The summed E-state index contributed by atoms with van der Waals surface area (Å²) in [5, 5.41) is 22.2. The highest BCUT2D eigenvalue weighted by atomic mass is 32.1. The summed E-state index contributed by atoms with van der Waals surface area (Å²) < 4.78 is 17.1. The molecule has 2 N–H and O–H groups in total. The van der Waals surface area contributed by atoms with Crippen molar-refractivity contribution in [3.8, 4) is 0 Å². The van der Waals surface area contributed by atoms with Gasteiger partial charge >= 0.3 is 0 Å². The van der Waals surface area contributed by atoms with Gasteiger partial charge in [0.2, 0.25) is 0 Å². The monoisotopic (exact) mass is 616 g/mol. The van der Waals surface area contributed by atoms with Crippen LogP contribution in [-0.2, 0) is 14.2 Å². The van der Waals surface area contributed by atoms with Crippen LogP contribution in [0.4, 0.5) is 0 Å². The molecule has 1 saturated heterocycles. The van der Waals surface area contributed by atoms with E-state index in [0.717, 1.165) is 38.5 Å². The Labute approximate surface area is 263 Å². The second kappa shape index (κ2) is 27.2. The molecular weight excluding hydrogens is 553 g/mol. The zero-order chi connectivity index (χ0) is 30.0. The first-order chi connectivity index (χ1) is 20.0. The summed E-state index contributed by atoms with van der Waals surface area (Å²) in [6.45, 7) is 4.75. The Hall–Kier alpha value is -0.340. The Balaban J connectivity index is 2.03. The van der Waals surface area contributed by atoms with Crippen molar-refractivity contribution in [1.82, 2.24) is 0 Å². The van der Waals surface area contributed by atoms with Crippen molar-refractivity contribution in [3.63, 3.8) is 0 Å². The Morgan fingerprint density at radius 1 is 0.659 bits per heavy atom. The van der Waals surface area contributed by atoms with Crippen LogP contribution in [0.25, 0.3) is 0 Å². The standard InChI is InChI=1S/C34H64O5S2/c1-3-5-7-9-11-13-15-17-19-21-23-25-31(40)37-27-29(35)34-33(36)30(28-38-34)39-32(41)26-24-22-20-18-16-14-12-10-8-6-4-2/h29-30,33-36H,3-28H2,1-2H3/t29-,30+,33-,34-/m0/s1. The van der Waals surface area contributed by atoms with Crippen molar-refractivity contribution >= 4 is 34.5 Å². The molecule has 1 aliphatic rings. The second-order valence-electron chi connectivity index (χ2n) is 12.1. The van der Waals surface area contributed by atoms with E-state index < -0.39 is 24.4 Å². The van der Waals surface area contributed by atoms with Crippen molar-refractivity contribution in [1.29, 1.82) is 0 Å². The van der Waals surface area contributed by atoms with Crippen LogP contribution in [0, 0.1) is 0 Å². The number of aliphatic hydroxyl groups excluding tert-OH is 2. The highest BCUT2D eigenvalue weighted by molar-refractivity contribution is 7.80. The van der Waals surface area contributed by atoms with E-state index in [-0.39, 0.29) is 13.2 Å². The molecule has 1 fully saturated rings. The van der Waals surface area contributed by atoms with Crippen LogP contribution in [0.2, 0.25) is 0 Å². The summed E-state index contributed by atoms with van der Waals surface area (Å²) in [7, 11) is 0. The molecule has 1 rings (SSSR count). The Bertz CT molecular complexity index is 632. The van der Waals surface area contributed by atoms with Crippen LogP contribution in [0.15, 0.2) is 0 Å². The molecule has 0 spiro atoms. The predicted octanol–water partition coefficient (Wildman–Crippen LogP) is 9.57. The van der Waals surface area contributed by atoms with Crippen LogP contribution in [-0.4, -0.2) is 57.9 Å². The average Bonchev–Trinajstić information content (AvgIpc) is 3.32. The van der Waals surface area contributed by atoms with Gasteiger partial charge in [0.1, 0.15) is 24.9 Å². The Morgan fingerprint density at radius 3 is 1.49 bits per heavy atom. The third-order valence-corrected chi connectivity index (χ3v) is 8.84. The minimum atomic E-state index is -0.964. The van der Waals surface area contributed by atoms with Gasteiger partial charge in [-0.15, -0.1) is 0 Å². The average molecular weight is 617 g/mol. The van der Waals surface area contributed by atoms with E-state index in [1.807, 2.05) is 0 Å². The fourth-order valence-corrected chi connectivity index (χ4v) is 5.98. The first-order valence-electron chi connectivity index (χ1n) is 17.3. The molecule has 0 aromatic rings. The van der Waals surface area contributed by atoms with E-state index >= 15 is 0 Å². The highest BCUT2D eigenvalue weighted by Gasteiger charge is 2.42. The molecule has 0 aromatic heterocycles. The van der Waals surface area contributed by atoms with Gasteiger partial charge in [0.15, 0.2) is 16.2 Å². The minimum absolute atomic E-state index is 0.0223. The molecule has 0 saturated carbocycles. The maximum absolute atomic E-state index is 10.7. The largest absolute Gasteiger partial charge is 0.484 e. The lowest BCUT2D eigenvalue weighted by molar-refractivity contribution is -0.0657. The summed E-state index contributed by atoms with van der Waals surface area (Å²) in [6.07, 6.45) is 26.7. The van der Waals surface area contributed by atoms with Crippen LogP contribution < -0.4 is 0 Å². The number of ether oxygens (including phenoxy) is 3. The molecule has 0 aromatic carbocycles. The number of aliphatic hydroxyl groups is 2. The minimum Gasteiger partial charge on any atom is -0.484 e. The van der Waals surface area contributed by atoms with Crippen molar-refractivity contribution < 1.29 is 24.4 Å². The van der Waals surface area contributed by atoms with Gasteiger partial charge in [-0.25, -0.2) is 0 Å². The lowest BCUT2D eigenvalue weighted by atomic mass is 10.1. The Morgan fingerprint density at radius 2 is 1.05 bits per heavy atom. The van der Waals surface area contributed by atoms with E-state index in [4.69, 9.17) is 38.6 Å². The maximum atomic E-state index is 10.7. The van der Waals surface area contributed by atoms with E-state index in [9.17, 15) is 10.2 Å². The zero-order valence-corrected chi connectivity index (χ0v) is 28.3. The van der Waals surface area contributed by atoms with Crippen molar-refractivity contribution in [2.75, 3.05) is 13.2 Å². The maximum Gasteiger partial charge on any atom is 0.160 e. The smallest absolute Gasteiger partial charge is 0.160 e. The van der Waals surface area contributed by atoms with Crippen molar-refractivity contribution in [2.45, 2.75) is 192 Å². The third kappa shape index (κ3) is 21.1. The molecule has 0 radical (unpaired) electrons. The first kappa shape index (κ1) is 38.7. The van der Waals surface area contributed by atoms with E-state index in [2.05, 4.69) is 13.8 Å². The topological polar surface area (TPSA) is 68.2 Å². The lowest BCUT2D eigenvalue weighted by Crippen LogP contribution is -2.42. The quantitative estimate of drug-likeness (QED) is 0.0670. The molecule has 0 bridgehead atoms. The fraction of sp³-hybridized carbons (Fsp3) is 0.941. The summed E-state index contributed by atoms with van der Waals surface area (Å²) in [5.41, 5.74) is 0. The molecule has 1 heterocycles. The molecule has 0 unspecified atom stereocenters. The SMILES string of the molecule is CCCCCCCCCCCCCC(=S)OC[C@H](O)[C@@H]1OC[C@@H](OC(=S)CCCCCCCCCCCCC)[C@@H]1O. The molecular formula is C34H64O5S2. The number of unbranched alkanes of at least 4 members (excludes halogenated alkanes) is 20. The van der Waals surface area contributed by atoms with E-state index in [1.54, 1.807) is 0 Å². The second-order valence-corrected chi connectivity index (χ2v) is 13.0. The van der Waals surface area contributed by atoms with Gasteiger partial charge in [-0.3, -0.25) is 0 Å². The molecule has 242 valence electrons. The highest BCUT2D eigenvalue weighted by Crippen LogP contribution is 2.22. The van der Waals surface area contributed by atoms with Gasteiger partial charge in [-0.2, -0.15) is 0 Å². The predicted molar refractivity (Wildman–Crippen MR) is 180 cm³/mol. The first-order valence-corrected chi connectivity index (χ1v) is 18.1. The van der Waals surface area contributed by atoms with Crippen molar-refractivity contribution in [2.24, 2.45) is 0 Å². The van der Waals surface area contributed by atoms with Gasteiger partial charge < -0.3 is 24.4 Å². The molecule has 4 atom stereocenters. The van der Waals surface area contributed by atoms with Crippen LogP contribution in [0.1, 0.15) is 168 Å². The molecule has 41 heavy (non-hydrogen) atoms. The fourth-order valence-electron chi connectivity index (χ4n) is 5.50. The normalized spacial score (nSPS) is 19.4. The van der Waals surface area contributed by atoms with Gasteiger partial charge in [0.05, 0.1) is 6.61 Å². The molecule has 0 aliphatic carbocycles. The summed E-state index contributed by atoms with van der Waals surface area (Å²) in [5.74, 6) is 0. The van der Waals surface area contributed by atoms with E-state index in [0.29, 0.717) is 10.1 Å². The lowest BCUT2D eigenvalue weighted by Gasteiger charge is -2.23. The van der Waals surface area contributed by atoms with Crippen molar-refractivity contribution in [3.05, 3.63) is 0 Å². The summed E-state index contributed by atoms with van der Waals surface area (Å²) in [6, 6.07) is 0. The molecule has 5 nitrogen and oxygen atoms in total. The number of hydrogen-bond donors (Lipinski definition) is 2. The third-order valence-electron chi connectivity index (χ3n) is 8.22.